The van der Waals surface area contributed by atoms with E-state index in [1.807, 2.05) is 13.8 Å². The minimum atomic E-state index is -0.0128. The molecule has 1 aliphatic rings. The van der Waals surface area contributed by atoms with Crippen molar-refractivity contribution in [3.63, 3.8) is 0 Å². The molecule has 2 N–H and O–H groups in total. The molecule has 76 valence electrons. The lowest BCUT2D eigenvalue weighted by Crippen LogP contribution is -2.47. The summed E-state index contributed by atoms with van der Waals surface area (Å²) in [5.74, 6) is 0.626. The first-order valence-electron chi connectivity index (χ1n) is 4.73. The molecule has 1 fully saturated rings. The topological polar surface area (TPSA) is 50.8 Å². The van der Waals surface area contributed by atoms with Crippen LogP contribution in [0.25, 0.3) is 0 Å². The third kappa shape index (κ3) is 3.32. The van der Waals surface area contributed by atoms with E-state index >= 15 is 0 Å². The molecule has 0 radical (unpaired) electrons. The van der Waals surface area contributed by atoms with Gasteiger partial charge in [-0.3, -0.25) is 4.99 Å². The van der Waals surface area contributed by atoms with E-state index in [0.717, 1.165) is 19.7 Å². The van der Waals surface area contributed by atoms with Gasteiger partial charge in [-0.2, -0.15) is 0 Å². The third-order valence-corrected chi connectivity index (χ3v) is 2.01. The minimum absolute atomic E-state index is 0.0128. The van der Waals surface area contributed by atoms with Crippen molar-refractivity contribution in [3.05, 3.63) is 0 Å². The first-order chi connectivity index (χ1) is 6.09. The summed E-state index contributed by atoms with van der Waals surface area (Å²) in [6, 6.07) is 0.246. The predicted molar refractivity (Wildman–Crippen MR) is 54.0 cm³/mol. The molecular weight excluding hydrogens is 166 g/mol. The van der Waals surface area contributed by atoms with Crippen LogP contribution >= 0.6 is 0 Å². The van der Waals surface area contributed by atoms with Gasteiger partial charge in [0.2, 0.25) is 0 Å². The number of amidine groups is 1. The number of nitrogens with zero attached hydrogens (tertiary/aromatic N) is 2. The number of nitrogens with two attached hydrogens (primary N) is 1. The third-order valence-electron chi connectivity index (χ3n) is 2.01. The van der Waals surface area contributed by atoms with E-state index in [2.05, 4.69) is 16.9 Å². The van der Waals surface area contributed by atoms with Crippen LogP contribution in [0.5, 0.6) is 0 Å². The van der Waals surface area contributed by atoms with E-state index in [0.29, 0.717) is 5.84 Å². The molecule has 13 heavy (non-hydrogen) atoms. The van der Waals surface area contributed by atoms with Crippen LogP contribution in [0.2, 0.25) is 0 Å². The number of hydrogen-bond acceptors (Lipinski definition) is 3. The maximum Gasteiger partial charge on any atom is 0.127 e. The van der Waals surface area contributed by atoms with Gasteiger partial charge in [0.1, 0.15) is 11.9 Å². The van der Waals surface area contributed by atoms with Crippen LogP contribution in [0.3, 0.4) is 0 Å². The average molecular weight is 185 g/mol. The monoisotopic (exact) mass is 185 g/mol. The Morgan fingerprint density at radius 1 is 1.62 bits per heavy atom. The molecule has 1 atom stereocenters. The second-order valence-electron chi connectivity index (χ2n) is 3.77. The highest BCUT2D eigenvalue weighted by atomic mass is 16.5. The molecule has 0 aliphatic carbocycles. The van der Waals surface area contributed by atoms with Gasteiger partial charge in [0.05, 0.1) is 6.61 Å². The van der Waals surface area contributed by atoms with E-state index < -0.39 is 0 Å². The molecule has 0 aromatic carbocycles. The fourth-order valence-electron chi connectivity index (χ4n) is 1.34. The zero-order valence-electron chi connectivity index (χ0n) is 8.66. The summed E-state index contributed by atoms with van der Waals surface area (Å²) in [7, 11) is 2.07. The second kappa shape index (κ2) is 4.58. The Balaban J connectivity index is 2.50. The van der Waals surface area contributed by atoms with Crippen LogP contribution in [-0.2, 0) is 4.74 Å². The number of ether oxygens (including phenoxy) is 1. The first kappa shape index (κ1) is 10.5. The van der Waals surface area contributed by atoms with Gasteiger partial charge >= 0.3 is 0 Å². The Kier molecular flexibility index (Phi) is 3.69. The van der Waals surface area contributed by atoms with Crippen LogP contribution in [0.1, 0.15) is 13.8 Å². The Morgan fingerprint density at radius 2 is 2.31 bits per heavy atom. The Morgan fingerprint density at radius 3 is 2.85 bits per heavy atom. The smallest absolute Gasteiger partial charge is 0.127 e. The molecular formula is C9H19N3O. The van der Waals surface area contributed by atoms with Crippen molar-refractivity contribution in [2.75, 3.05) is 26.7 Å². The molecule has 1 heterocycles. The standard InChI is InChI=1S/C9H19N3O/c1-7(2)11-9(10)8-6-12(3)4-5-13-8/h7-8H,4-6H2,1-3H3,(H2,10,11). The zero-order chi connectivity index (χ0) is 9.84. The SMILES string of the molecule is CC(C)N=C(N)C1CN(C)CCO1. The number of rotatable bonds is 2. The molecule has 0 aromatic heterocycles. The zero-order valence-corrected chi connectivity index (χ0v) is 8.66. The molecule has 0 saturated carbocycles. The Hall–Kier alpha value is -0.610. The fraction of sp³-hybridized carbons (Fsp3) is 0.889. The number of morpholine rings is 1. The van der Waals surface area contributed by atoms with Crippen molar-refractivity contribution in [1.82, 2.24) is 4.90 Å². The van der Waals surface area contributed by atoms with E-state index in [-0.39, 0.29) is 12.1 Å². The van der Waals surface area contributed by atoms with Crippen LogP contribution in [-0.4, -0.2) is 49.6 Å². The molecule has 1 saturated heterocycles. The maximum atomic E-state index is 5.81. The highest BCUT2D eigenvalue weighted by molar-refractivity contribution is 5.85. The van der Waals surface area contributed by atoms with Crippen molar-refractivity contribution in [1.29, 1.82) is 0 Å². The molecule has 0 aromatic rings. The normalized spacial score (nSPS) is 26.8. The van der Waals surface area contributed by atoms with E-state index in [1.165, 1.54) is 0 Å². The van der Waals surface area contributed by atoms with Crippen LogP contribution in [0, 0.1) is 0 Å². The van der Waals surface area contributed by atoms with Gasteiger partial charge in [-0.05, 0) is 20.9 Å². The lowest BCUT2D eigenvalue weighted by Gasteiger charge is -2.29. The largest absolute Gasteiger partial charge is 0.385 e. The lowest BCUT2D eigenvalue weighted by atomic mass is 10.2. The molecule has 0 bridgehead atoms. The van der Waals surface area contributed by atoms with Gasteiger partial charge in [0.15, 0.2) is 0 Å². The molecule has 1 aliphatic heterocycles. The van der Waals surface area contributed by atoms with E-state index in [4.69, 9.17) is 10.5 Å². The maximum absolute atomic E-state index is 5.81. The van der Waals surface area contributed by atoms with Gasteiger partial charge in [-0.15, -0.1) is 0 Å². The van der Waals surface area contributed by atoms with Crippen molar-refractivity contribution in [2.45, 2.75) is 26.0 Å². The molecule has 4 nitrogen and oxygen atoms in total. The number of likely N-dealkylation sites (N-methyl/N-ethyl adjacent to an activating group) is 1. The summed E-state index contributed by atoms with van der Waals surface area (Å²) < 4.78 is 5.51. The van der Waals surface area contributed by atoms with E-state index in [9.17, 15) is 0 Å². The Labute approximate surface area is 79.8 Å². The summed E-state index contributed by atoms with van der Waals surface area (Å²) >= 11 is 0. The molecule has 0 spiro atoms. The highest BCUT2D eigenvalue weighted by Crippen LogP contribution is 2.03. The van der Waals surface area contributed by atoms with Crippen LogP contribution in [0.15, 0.2) is 4.99 Å². The predicted octanol–water partition coefficient (Wildman–Crippen LogP) is 0.0826. The Bertz CT molecular complexity index is 191. The van der Waals surface area contributed by atoms with Gasteiger partial charge < -0.3 is 15.4 Å². The quantitative estimate of drug-likeness (QED) is 0.490. The summed E-state index contributed by atoms with van der Waals surface area (Å²) in [5, 5.41) is 0. The summed E-state index contributed by atoms with van der Waals surface area (Å²) in [6.45, 7) is 6.60. The number of hydrogen-bond donors (Lipinski definition) is 1. The summed E-state index contributed by atoms with van der Waals surface area (Å²) in [4.78, 5) is 6.48. The highest BCUT2D eigenvalue weighted by Gasteiger charge is 2.20. The number of aliphatic imine (C=N–C) groups is 1. The van der Waals surface area contributed by atoms with E-state index in [1.54, 1.807) is 0 Å². The second-order valence-corrected chi connectivity index (χ2v) is 3.77. The molecule has 1 unspecified atom stereocenters. The molecule has 0 amide bonds. The van der Waals surface area contributed by atoms with Crippen molar-refractivity contribution >= 4 is 5.84 Å². The molecule has 4 heteroatoms. The van der Waals surface area contributed by atoms with Gasteiger partial charge in [-0.1, -0.05) is 0 Å². The van der Waals surface area contributed by atoms with Gasteiger partial charge in [0, 0.05) is 19.1 Å². The fourth-order valence-corrected chi connectivity index (χ4v) is 1.34. The van der Waals surface area contributed by atoms with Crippen LogP contribution < -0.4 is 5.73 Å². The van der Waals surface area contributed by atoms with Crippen molar-refractivity contribution < 1.29 is 4.74 Å². The first-order valence-corrected chi connectivity index (χ1v) is 4.73. The summed E-state index contributed by atoms with van der Waals surface area (Å²) in [5.41, 5.74) is 5.81. The average Bonchev–Trinajstić information content (AvgIpc) is 2.03. The van der Waals surface area contributed by atoms with Gasteiger partial charge in [-0.25, -0.2) is 0 Å². The summed E-state index contributed by atoms with van der Waals surface area (Å²) in [6.07, 6.45) is -0.0128. The van der Waals surface area contributed by atoms with Gasteiger partial charge in [0.25, 0.3) is 0 Å². The molecule has 1 rings (SSSR count). The van der Waals surface area contributed by atoms with Crippen molar-refractivity contribution in [3.8, 4) is 0 Å². The van der Waals surface area contributed by atoms with Crippen molar-refractivity contribution in [2.24, 2.45) is 10.7 Å². The lowest BCUT2D eigenvalue weighted by molar-refractivity contribution is 0.0165. The minimum Gasteiger partial charge on any atom is -0.385 e. The van der Waals surface area contributed by atoms with Crippen LogP contribution in [0.4, 0.5) is 0 Å².